The number of aryl methyl sites for hydroxylation is 2. The second-order valence-corrected chi connectivity index (χ2v) is 20.3. The fourth-order valence-electron chi connectivity index (χ4n) is 2.08. The van der Waals surface area contributed by atoms with E-state index in [0.29, 0.717) is 13.3 Å². The van der Waals surface area contributed by atoms with Gasteiger partial charge in [0.05, 0.1) is 13.1 Å². The summed E-state index contributed by atoms with van der Waals surface area (Å²) in [5.74, 6) is 0. The van der Waals surface area contributed by atoms with Gasteiger partial charge in [-0.25, -0.2) is 9.13 Å². The van der Waals surface area contributed by atoms with Crippen molar-refractivity contribution in [2.45, 2.75) is 39.8 Å². The van der Waals surface area contributed by atoms with Crippen molar-refractivity contribution >= 4 is 48.3 Å². The molecule has 0 aliphatic rings. The third kappa shape index (κ3) is 4.77. The molecule has 2 aromatic rings. The first-order valence-corrected chi connectivity index (χ1v) is 18.7. The number of nitrogens with zero attached hydrogens (tertiary/aromatic N) is 2. The third-order valence-corrected chi connectivity index (χ3v) is 2.71. The molecular weight excluding hydrogens is 565 g/mol. The number of hydrogen-bond donors (Lipinski definition) is 0. The third-order valence-electron chi connectivity index (χ3n) is 2.71. The van der Waals surface area contributed by atoms with E-state index in [4.69, 9.17) is 0 Å². The Balaban J connectivity index is 0.000000492. The van der Waals surface area contributed by atoms with Crippen molar-refractivity contribution in [3.63, 3.8) is 0 Å². The van der Waals surface area contributed by atoms with Crippen molar-refractivity contribution in [2.75, 3.05) is 0 Å². The van der Waals surface area contributed by atoms with Crippen LogP contribution in [0.3, 0.4) is 0 Å². The Hall–Kier alpha value is 0.880. The van der Waals surface area contributed by atoms with Gasteiger partial charge in [0, 0.05) is 0 Å². The topological polar surface area (TPSA) is 8.81 Å². The Kier molecular flexibility index (Phi) is 9.16. The molecule has 0 amide bonds. The van der Waals surface area contributed by atoms with E-state index >= 15 is 0 Å². The fraction of sp³-hybridized carbons (Fsp3) is 0.462. The van der Waals surface area contributed by atoms with Gasteiger partial charge in [-0.1, -0.05) is 26.0 Å². The molecule has 1 heterocycles. The monoisotopic (exact) mass is 584 g/mol. The first-order valence-electron chi connectivity index (χ1n) is 6.12. The van der Waals surface area contributed by atoms with E-state index in [-0.39, 0.29) is 0 Å². The predicted octanol–water partition coefficient (Wildman–Crippen LogP) is 1.52. The molecule has 0 aliphatic carbocycles. The van der Waals surface area contributed by atoms with Crippen LogP contribution in [0.1, 0.15) is 26.7 Å². The summed E-state index contributed by atoms with van der Waals surface area (Å²) in [4.78, 5) is 0. The summed E-state index contributed by atoms with van der Waals surface area (Å²) in [5, 5.41) is 0. The second-order valence-electron chi connectivity index (χ2n) is 4.04. The first kappa shape index (κ1) is 16.9. The summed E-state index contributed by atoms with van der Waals surface area (Å²) >= 11 is 5.30. The van der Waals surface area contributed by atoms with Crippen molar-refractivity contribution in [2.24, 2.45) is 0 Å². The molecule has 18 heavy (non-hydrogen) atoms. The van der Waals surface area contributed by atoms with Crippen molar-refractivity contribution < 1.29 is 17.8 Å². The number of fused-ring (bicyclic) bond motifs is 1. The van der Waals surface area contributed by atoms with Crippen LogP contribution < -0.4 is 17.8 Å². The van der Waals surface area contributed by atoms with Crippen molar-refractivity contribution in [1.29, 1.82) is 0 Å². The number of para-hydroxylation sites is 2. The second kappa shape index (κ2) is 9.73. The van der Waals surface area contributed by atoms with Gasteiger partial charge in [-0.2, -0.15) is 0 Å². The van der Waals surface area contributed by atoms with Gasteiger partial charge in [-0.3, -0.25) is 0 Å². The molecule has 5 heteroatoms. The van der Waals surface area contributed by atoms with E-state index in [1.54, 1.807) is 0 Å². The van der Waals surface area contributed by atoms with Gasteiger partial charge in [0.25, 0.3) is 0 Å². The van der Waals surface area contributed by atoms with Crippen molar-refractivity contribution in [3.8, 4) is 0 Å². The molecule has 2 rings (SSSR count). The van der Waals surface area contributed by atoms with E-state index < -0.39 is 0 Å². The van der Waals surface area contributed by atoms with E-state index in [9.17, 15) is 0 Å². The van der Waals surface area contributed by atoms with Crippen LogP contribution in [0.2, 0.25) is 0 Å². The molecule has 0 N–H and O–H groups in total. The number of halogens is 3. The van der Waals surface area contributed by atoms with E-state index in [2.05, 4.69) is 90.8 Å². The quantitative estimate of drug-likeness (QED) is 0.382. The van der Waals surface area contributed by atoms with Crippen LogP contribution in [0.25, 0.3) is 11.0 Å². The number of rotatable bonds is 4. The molecule has 0 spiro atoms. The van der Waals surface area contributed by atoms with Crippen LogP contribution in [0.15, 0.2) is 30.6 Å². The maximum absolute atomic E-state index is 2.39. The Labute approximate surface area is 139 Å². The predicted molar refractivity (Wildman–Crippen MR) is 90.8 cm³/mol. The molecule has 2 nitrogen and oxygen atoms in total. The summed E-state index contributed by atoms with van der Waals surface area (Å²) in [6.07, 6.45) is 4.62. The summed E-state index contributed by atoms with van der Waals surface area (Å²) < 4.78 is 4.70. The van der Waals surface area contributed by atoms with Crippen LogP contribution in [0.4, 0.5) is 0 Å². The molecule has 0 unspecified atom stereocenters. The number of aromatic nitrogens is 2. The zero-order valence-corrected chi connectivity index (χ0v) is 17.2. The molecule has 0 fully saturated rings. The summed E-state index contributed by atoms with van der Waals surface area (Å²) in [7, 11) is 0. The van der Waals surface area contributed by atoms with E-state index in [1.807, 2.05) is 0 Å². The standard InChI is InChI=1S/C13H19N2.I3/c1-3-9-14-11-15(10-4-2)13-8-6-5-7-12(13)14;1-3-2/h5-8,11H,3-4,9-10H2,1-2H3;/q+1;-1. The van der Waals surface area contributed by atoms with Gasteiger partial charge < -0.3 is 0 Å². The van der Waals surface area contributed by atoms with Gasteiger partial charge in [-0.15, -0.1) is 0 Å². The molecule has 0 bridgehead atoms. The SMILES string of the molecule is CCCn1c[n+](CCC)c2ccccc21.I[I-]I. The van der Waals surface area contributed by atoms with Gasteiger partial charge in [-0.05, 0) is 25.0 Å². The molecule has 1 aromatic heterocycles. The van der Waals surface area contributed by atoms with Gasteiger partial charge in [0.1, 0.15) is 0 Å². The molecule has 0 saturated carbocycles. The van der Waals surface area contributed by atoms with Gasteiger partial charge in [0.15, 0.2) is 11.0 Å². The first-order chi connectivity index (χ1) is 8.78. The molecule has 1 aromatic carbocycles. The summed E-state index contributed by atoms with van der Waals surface area (Å²) in [6, 6.07) is 8.64. The van der Waals surface area contributed by atoms with Crippen LogP contribution in [0.5, 0.6) is 0 Å². The minimum atomic E-state index is 0.530. The maximum atomic E-state index is 2.39. The summed E-state index contributed by atoms with van der Waals surface area (Å²) in [5.41, 5.74) is 2.71. The number of benzene rings is 1. The van der Waals surface area contributed by atoms with Crippen molar-refractivity contribution in [1.82, 2.24) is 4.57 Å². The zero-order chi connectivity index (χ0) is 13.4. The Bertz CT molecular complexity index is 428. The van der Waals surface area contributed by atoms with Crippen LogP contribution in [-0.4, -0.2) is 4.57 Å². The fourth-order valence-corrected chi connectivity index (χ4v) is 2.08. The van der Waals surface area contributed by atoms with Crippen LogP contribution >= 0.6 is 37.2 Å². The Morgan fingerprint density at radius 3 is 2.44 bits per heavy atom. The molecule has 0 aliphatic heterocycles. The normalized spacial score (nSPS) is 10.4. The molecular formula is C13H19I3N2. The van der Waals surface area contributed by atoms with Crippen molar-refractivity contribution in [3.05, 3.63) is 30.6 Å². The average Bonchev–Trinajstić information content (AvgIpc) is 2.71. The summed E-state index contributed by atoms with van der Waals surface area (Å²) in [6.45, 7) is 6.66. The van der Waals surface area contributed by atoms with E-state index in [1.165, 1.54) is 23.9 Å². The van der Waals surface area contributed by atoms with Gasteiger partial charge in [0.2, 0.25) is 6.33 Å². The minimum absolute atomic E-state index is 0.530. The molecule has 102 valence electrons. The molecule has 0 radical (unpaired) electrons. The number of imidazole rings is 1. The molecule has 0 saturated heterocycles. The molecule has 0 atom stereocenters. The average molecular weight is 584 g/mol. The number of hydrogen-bond acceptors (Lipinski definition) is 0. The van der Waals surface area contributed by atoms with Crippen LogP contribution in [0, 0.1) is 0 Å². The van der Waals surface area contributed by atoms with Crippen LogP contribution in [-0.2, 0) is 13.1 Å². The van der Waals surface area contributed by atoms with E-state index in [0.717, 1.165) is 13.1 Å². The Morgan fingerprint density at radius 1 is 1.17 bits per heavy atom. The Morgan fingerprint density at radius 2 is 1.83 bits per heavy atom. The zero-order valence-electron chi connectivity index (χ0n) is 10.7. The van der Waals surface area contributed by atoms with Gasteiger partial charge >= 0.3 is 50.5 Å².